The van der Waals surface area contributed by atoms with Crippen LogP contribution in [0.15, 0.2) is 109 Å². The first-order chi connectivity index (χ1) is 34.1. The summed E-state index contributed by atoms with van der Waals surface area (Å²) in [5.41, 5.74) is 0.289. The summed E-state index contributed by atoms with van der Waals surface area (Å²) in [5.74, 6) is -3.75. The molecule has 0 N–H and O–H groups in total. The van der Waals surface area contributed by atoms with Gasteiger partial charge in [0.05, 0.1) is 35.5 Å². The van der Waals surface area contributed by atoms with Gasteiger partial charge in [0.15, 0.2) is 23.1 Å². The number of ether oxygens (including phenoxy) is 6. The van der Waals surface area contributed by atoms with Crippen LogP contribution in [-0.4, -0.2) is 37.1 Å². The standard InChI is InChI=1S/C58H68F2O10/c1-3-5-7-9-11-13-15-17-19-21-38-65-53-36-30-45(40-51(53)59)57(63)67-47-32-26-43(27-33-47)55(61)69-49-24-23-25-50(42-49)70-56(62)44-28-34-48(35-29-44)68-58(64)46-31-37-54(52(60)41-46)66-39-22-20-18-16-14-12-10-8-6-4-2/h23-37,40-42H,3-22,38-39H2,1-2H3. The first-order valence-electron chi connectivity index (χ1n) is 25.2. The van der Waals surface area contributed by atoms with Gasteiger partial charge in [0, 0.05) is 6.07 Å². The van der Waals surface area contributed by atoms with Gasteiger partial charge in [0.1, 0.15) is 23.0 Å². The third kappa shape index (κ3) is 19.4. The van der Waals surface area contributed by atoms with Gasteiger partial charge in [-0.25, -0.2) is 28.0 Å². The fourth-order valence-electron chi connectivity index (χ4n) is 7.62. The number of hydrogen-bond acceptors (Lipinski definition) is 10. The summed E-state index contributed by atoms with van der Waals surface area (Å²) in [5, 5.41) is 0. The minimum Gasteiger partial charge on any atom is -0.491 e. The van der Waals surface area contributed by atoms with Crippen molar-refractivity contribution in [3.05, 3.63) is 143 Å². The number of esters is 4. The highest BCUT2D eigenvalue weighted by Gasteiger charge is 2.17. The molecule has 0 spiro atoms. The average molecular weight is 963 g/mol. The Morgan fingerprint density at radius 3 is 0.986 bits per heavy atom. The van der Waals surface area contributed by atoms with Crippen molar-refractivity contribution in [3.8, 4) is 34.5 Å². The van der Waals surface area contributed by atoms with E-state index < -0.39 is 35.5 Å². The van der Waals surface area contributed by atoms with Crippen molar-refractivity contribution in [2.75, 3.05) is 13.2 Å². The predicted octanol–water partition coefficient (Wildman–Crippen LogP) is 15.4. The number of benzene rings is 5. The molecule has 70 heavy (non-hydrogen) atoms. The average Bonchev–Trinajstić information content (AvgIpc) is 3.36. The molecule has 5 aromatic rings. The smallest absolute Gasteiger partial charge is 0.343 e. The number of halogens is 2. The summed E-state index contributed by atoms with van der Waals surface area (Å²) in [7, 11) is 0. The Bertz CT molecular complexity index is 2220. The van der Waals surface area contributed by atoms with E-state index in [9.17, 15) is 28.0 Å². The Hall–Kier alpha value is -6.56. The number of rotatable bonds is 32. The molecule has 0 radical (unpaired) electrons. The van der Waals surface area contributed by atoms with Crippen LogP contribution >= 0.6 is 0 Å². The van der Waals surface area contributed by atoms with E-state index in [0.717, 1.165) is 50.7 Å². The second-order valence-corrected chi connectivity index (χ2v) is 17.4. The van der Waals surface area contributed by atoms with Crippen molar-refractivity contribution in [2.45, 2.75) is 142 Å². The molecule has 0 aliphatic heterocycles. The molecule has 0 saturated carbocycles. The zero-order valence-corrected chi connectivity index (χ0v) is 40.8. The maximum absolute atomic E-state index is 14.8. The molecule has 0 heterocycles. The molecule has 0 aliphatic rings. The number of unbranched alkanes of at least 4 members (excludes halogenated alkanes) is 18. The maximum atomic E-state index is 14.8. The molecule has 0 fully saturated rings. The largest absolute Gasteiger partial charge is 0.491 e. The molecule has 5 rings (SSSR count). The van der Waals surface area contributed by atoms with E-state index in [2.05, 4.69) is 13.8 Å². The number of carbonyl (C=O) groups excluding carboxylic acids is 4. The van der Waals surface area contributed by atoms with Crippen LogP contribution < -0.4 is 28.4 Å². The lowest BCUT2D eigenvalue weighted by molar-refractivity contribution is 0.0722. The zero-order valence-electron chi connectivity index (χ0n) is 40.8. The summed E-state index contributed by atoms with van der Waals surface area (Å²) in [6.07, 6.45) is 23.7. The van der Waals surface area contributed by atoms with Crippen LogP contribution in [0.2, 0.25) is 0 Å². The second kappa shape index (κ2) is 30.8. The Morgan fingerprint density at radius 2 is 0.643 bits per heavy atom. The van der Waals surface area contributed by atoms with E-state index >= 15 is 0 Å². The Kier molecular flexibility index (Phi) is 23.9. The fraction of sp³-hybridized carbons (Fsp3) is 0.414. The van der Waals surface area contributed by atoms with Crippen LogP contribution in [0.4, 0.5) is 8.78 Å². The zero-order chi connectivity index (χ0) is 49.8. The Labute approximate surface area is 412 Å². The fourth-order valence-corrected chi connectivity index (χ4v) is 7.62. The van der Waals surface area contributed by atoms with Crippen LogP contribution in [0, 0.1) is 11.6 Å². The van der Waals surface area contributed by atoms with Crippen molar-refractivity contribution in [2.24, 2.45) is 0 Å². The van der Waals surface area contributed by atoms with Crippen LogP contribution in [0.1, 0.15) is 184 Å². The van der Waals surface area contributed by atoms with Crippen LogP contribution in [0.25, 0.3) is 0 Å². The van der Waals surface area contributed by atoms with E-state index in [0.29, 0.717) is 13.2 Å². The van der Waals surface area contributed by atoms with Gasteiger partial charge in [-0.1, -0.05) is 135 Å². The molecule has 0 amide bonds. The molecule has 0 bridgehead atoms. The molecular weight excluding hydrogens is 895 g/mol. The summed E-state index contributed by atoms with van der Waals surface area (Å²) in [6.45, 7) is 5.22. The van der Waals surface area contributed by atoms with E-state index in [4.69, 9.17) is 28.4 Å². The van der Waals surface area contributed by atoms with Gasteiger partial charge in [0.2, 0.25) is 0 Å². The quantitative estimate of drug-likeness (QED) is 0.0234. The lowest BCUT2D eigenvalue weighted by Gasteiger charge is -2.10. The lowest BCUT2D eigenvalue weighted by atomic mass is 10.1. The molecule has 0 aliphatic carbocycles. The second-order valence-electron chi connectivity index (χ2n) is 17.4. The summed E-state index contributed by atoms with van der Waals surface area (Å²) in [6, 6.07) is 25.0. The molecule has 0 saturated heterocycles. The van der Waals surface area contributed by atoms with E-state index in [1.807, 2.05) is 0 Å². The number of carbonyl (C=O) groups is 4. The summed E-state index contributed by atoms with van der Waals surface area (Å²) >= 11 is 0. The Morgan fingerprint density at radius 1 is 0.343 bits per heavy atom. The molecule has 10 nitrogen and oxygen atoms in total. The van der Waals surface area contributed by atoms with Crippen molar-refractivity contribution >= 4 is 23.9 Å². The van der Waals surface area contributed by atoms with Gasteiger partial charge in [-0.05, 0) is 110 Å². The van der Waals surface area contributed by atoms with Gasteiger partial charge in [0.25, 0.3) is 0 Å². The SMILES string of the molecule is CCCCCCCCCCCCOc1ccc(C(=O)Oc2ccc(C(=O)Oc3cccc(OC(=O)c4ccc(OC(=O)c5ccc(OCCCCCCCCCCCC)c(F)c5)cc4)c3)cc2)cc1F. The van der Waals surface area contributed by atoms with Gasteiger partial charge in [-0.15, -0.1) is 0 Å². The molecule has 12 heteroatoms. The van der Waals surface area contributed by atoms with Crippen molar-refractivity contribution in [1.82, 2.24) is 0 Å². The topological polar surface area (TPSA) is 124 Å². The predicted molar refractivity (Wildman–Crippen MR) is 267 cm³/mol. The van der Waals surface area contributed by atoms with Crippen LogP contribution in [0.3, 0.4) is 0 Å². The third-order valence-corrected chi connectivity index (χ3v) is 11.7. The van der Waals surface area contributed by atoms with Gasteiger partial charge < -0.3 is 28.4 Å². The maximum Gasteiger partial charge on any atom is 0.343 e. The highest BCUT2D eigenvalue weighted by molar-refractivity contribution is 5.94. The van der Waals surface area contributed by atoms with E-state index in [1.165, 1.54) is 187 Å². The van der Waals surface area contributed by atoms with E-state index in [1.54, 1.807) is 0 Å². The molecule has 5 aromatic carbocycles. The van der Waals surface area contributed by atoms with Crippen molar-refractivity contribution in [1.29, 1.82) is 0 Å². The molecule has 0 atom stereocenters. The normalized spacial score (nSPS) is 10.9. The van der Waals surface area contributed by atoms with Crippen LogP contribution in [-0.2, 0) is 0 Å². The summed E-state index contributed by atoms with van der Waals surface area (Å²) < 4.78 is 62.6. The minimum atomic E-state index is -0.781. The molecule has 0 unspecified atom stereocenters. The van der Waals surface area contributed by atoms with Gasteiger partial charge in [-0.2, -0.15) is 0 Å². The molecule has 374 valence electrons. The monoisotopic (exact) mass is 962 g/mol. The van der Waals surface area contributed by atoms with Crippen LogP contribution in [0.5, 0.6) is 34.5 Å². The first kappa shape index (κ1) is 54.4. The minimum absolute atomic E-state index is 0.00216. The number of hydrogen-bond donors (Lipinski definition) is 0. The van der Waals surface area contributed by atoms with E-state index in [-0.39, 0.29) is 56.8 Å². The highest BCUT2D eigenvalue weighted by Crippen LogP contribution is 2.26. The third-order valence-electron chi connectivity index (χ3n) is 11.7. The lowest BCUT2D eigenvalue weighted by Crippen LogP contribution is -2.11. The van der Waals surface area contributed by atoms with Gasteiger partial charge >= 0.3 is 23.9 Å². The van der Waals surface area contributed by atoms with Gasteiger partial charge in [-0.3, -0.25) is 0 Å². The molecular formula is C58H68F2O10. The Balaban J connectivity index is 0.998. The van der Waals surface area contributed by atoms with Crippen molar-refractivity contribution in [3.63, 3.8) is 0 Å². The highest BCUT2D eigenvalue weighted by atomic mass is 19.1. The first-order valence-corrected chi connectivity index (χ1v) is 25.2. The molecule has 0 aromatic heterocycles. The summed E-state index contributed by atoms with van der Waals surface area (Å²) in [4.78, 5) is 51.5. The van der Waals surface area contributed by atoms with Crippen molar-refractivity contribution < 1.29 is 56.4 Å².